The number of hydrogen-bond donors (Lipinski definition) is 1. The molecule has 0 aliphatic heterocycles. The summed E-state index contributed by atoms with van der Waals surface area (Å²) in [4.78, 5) is 0. The fourth-order valence-electron chi connectivity index (χ4n) is 2.57. The van der Waals surface area contributed by atoms with Gasteiger partial charge < -0.3 is 5.11 Å². The molecule has 0 heterocycles. The van der Waals surface area contributed by atoms with Crippen LogP contribution in [0.4, 0.5) is 0 Å². The second kappa shape index (κ2) is 4.61. The van der Waals surface area contributed by atoms with Crippen LogP contribution in [0.25, 0.3) is 0 Å². The van der Waals surface area contributed by atoms with Crippen LogP contribution in [0.5, 0.6) is 0 Å². The minimum absolute atomic E-state index is 0.347. The molecule has 0 saturated heterocycles. The van der Waals surface area contributed by atoms with Gasteiger partial charge >= 0.3 is 0 Å². The maximum absolute atomic E-state index is 9.32. The van der Waals surface area contributed by atoms with E-state index in [9.17, 15) is 5.11 Å². The van der Waals surface area contributed by atoms with E-state index in [0.29, 0.717) is 18.4 Å². The monoisotopic (exact) mass is 190 g/mol. The van der Waals surface area contributed by atoms with Crippen molar-refractivity contribution in [2.45, 2.75) is 31.6 Å². The van der Waals surface area contributed by atoms with Crippen LogP contribution in [0.1, 0.15) is 37.2 Å². The van der Waals surface area contributed by atoms with E-state index < -0.39 is 0 Å². The van der Waals surface area contributed by atoms with Crippen molar-refractivity contribution in [2.24, 2.45) is 5.92 Å². The maximum atomic E-state index is 9.32. The standard InChI is InChI=1S/C13H18O/c14-10-12-8-4-5-9-13(12)11-6-2-1-3-7-11/h1-3,6-7,12-14H,4-5,8-10H2/t12-,13?/m0/s1. The summed E-state index contributed by atoms with van der Waals surface area (Å²) in [6.07, 6.45) is 5.04. The van der Waals surface area contributed by atoms with Crippen LogP contribution < -0.4 is 0 Å². The largest absolute Gasteiger partial charge is 0.396 e. The highest BCUT2D eigenvalue weighted by atomic mass is 16.3. The Morgan fingerprint density at radius 2 is 1.79 bits per heavy atom. The van der Waals surface area contributed by atoms with Gasteiger partial charge in [-0.1, -0.05) is 43.2 Å². The minimum atomic E-state index is 0.347. The Morgan fingerprint density at radius 3 is 2.50 bits per heavy atom. The Balaban J connectivity index is 2.15. The third kappa shape index (κ3) is 1.98. The van der Waals surface area contributed by atoms with Crippen molar-refractivity contribution >= 4 is 0 Å². The fraction of sp³-hybridized carbons (Fsp3) is 0.538. The summed E-state index contributed by atoms with van der Waals surface area (Å²) in [5.41, 5.74) is 1.41. The average molecular weight is 190 g/mol. The van der Waals surface area contributed by atoms with Gasteiger partial charge in [0.25, 0.3) is 0 Å². The third-order valence-corrected chi connectivity index (χ3v) is 3.37. The van der Waals surface area contributed by atoms with Gasteiger partial charge in [0.1, 0.15) is 0 Å². The molecule has 1 fully saturated rings. The molecular formula is C13H18O. The van der Waals surface area contributed by atoms with Crippen LogP contribution in [-0.4, -0.2) is 11.7 Å². The number of aliphatic hydroxyl groups excluding tert-OH is 1. The molecule has 2 rings (SSSR count). The Bertz CT molecular complexity index is 268. The van der Waals surface area contributed by atoms with Gasteiger partial charge in [0, 0.05) is 6.61 Å². The molecule has 76 valence electrons. The summed E-state index contributed by atoms with van der Waals surface area (Å²) in [5, 5.41) is 9.32. The van der Waals surface area contributed by atoms with Crippen molar-refractivity contribution in [3.63, 3.8) is 0 Å². The summed E-state index contributed by atoms with van der Waals surface area (Å²) in [6, 6.07) is 10.6. The molecule has 0 bridgehead atoms. The van der Waals surface area contributed by atoms with E-state index in [-0.39, 0.29) is 0 Å². The van der Waals surface area contributed by atoms with Crippen LogP contribution in [-0.2, 0) is 0 Å². The van der Waals surface area contributed by atoms with Gasteiger partial charge in [0.2, 0.25) is 0 Å². The lowest BCUT2D eigenvalue weighted by atomic mass is 9.76. The van der Waals surface area contributed by atoms with Gasteiger partial charge in [0.15, 0.2) is 0 Å². The van der Waals surface area contributed by atoms with Crippen LogP contribution in [0.15, 0.2) is 30.3 Å². The molecular weight excluding hydrogens is 172 g/mol. The zero-order valence-corrected chi connectivity index (χ0v) is 8.52. The lowest BCUT2D eigenvalue weighted by Crippen LogP contribution is -2.20. The van der Waals surface area contributed by atoms with Crippen molar-refractivity contribution < 1.29 is 5.11 Å². The predicted molar refractivity (Wildman–Crippen MR) is 58.2 cm³/mol. The molecule has 1 aliphatic carbocycles. The zero-order chi connectivity index (χ0) is 9.80. The molecule has 0 aromatic heterocycles. The van der Waals surface area contributed by atoms with E-state index >= 15 is 0 Å². The van der Waals surface area contributed by atoms with Gasteiger partial charge in [-0.3, -0.25) is 0 Å². The molecule has 0 radical (unpaired) electrons. The Kier molecular flexibility index (Phi) is 3.20. The summed E-state index contributed by atoms with van der Waals surface area (Å²) in [7, 11) is 0. The van der Waals surface area contributed by atoms with Gasteiger partial charge in [-0.25, -0.2) is 0 Å². The van der Waals surface area contributed by atoms with Crippen molar-refractivity contribution in [3.05, 3.63) is 35.9 Å². The van der Waals surface area contributed by atoms with E-state index in [4.69, 9.17) is 0 Å². The summed E-state index contributed by atoms with van der Waals surface area (Å²) < 4.78 is 0. The smallest absolute Gasteiger partial charge is 0.0465 e. The molecule has 0 amide bonds. The second-order valence-electron chi connectivity index (χ2n) is 4.24. The highest BCUT2D eigenvalue weighted by Gasteiger charge is 2.25. The SMILES string of the molecule is OC[C@@H]1CCCCC1c1ccccc1. The van der Waals surface area contributed by atoms with Gasteiger partial charge in [-0.15, -0.1) is 0 Å². The zero-order valence-electron chi connectivity index (χ0n) is 8.52. The predicted octanol–water partition coefficient (Wildman–Crippen LogP) is 2.95. The Hall–Kier alpha value is -0.820. The molecule has 1 nitrogen and oxygen atoms in total. The number of rotatable bonds is 2. The van der Waals surface area contributed by atoms with Gasteiger partial charge in [0.05, 0.1) is 0 Å². The van der Waals surface area contributed by atoms with E-state index in [0.717, 1.165) is 0 Å². The summed E-state index contributed by atoms with van der Waals surface area (Å²) in [6.45, 7) is 0.347. The van der Waals surface area contributed by atoms with Gasteiger partial charge in [-0.2, -0.15) is 0 Å². The summed E-state index contributed by atoms with van der Waals surface area (Å²) >= 11 is 0. The Morgan fingerprint density at radius 1 is 1.07 bits per heavy atom. The fourth-order valence-corrected chi connectivity index (χ4v) is 2.57. The molecule has 1 unspecified atom stereocenters. The quantitative estimate of drug-likeness (QED) is 0.760. The number of hydrogen-bond acceptors (Lipinski definition) is 1. The first-order valence-electron chi connectivity index (χ1n) is 5.57. The van der Waals surface area contributed by atoms with Crippen LogP contribution >= 0.6 is 0 Å². The maximum Gasteiger partial charge on any atom is 0.0465 e. The van der Waals surface area contributed by atoms with E-state index in [1.807, 2.05) is 0 Å². The molecule has 1 heteroatoms. The lowest BCUT2D eigenvalue weighted by Gasteiger charge is -2.30. The van der Waals surface area contributed by atoms with E-state index in [2.05, 4.69) is 30.3 Å². The Labute approximate surface area is 85.8 Å². The molecule has 2 atom stereocenters. The van der Waals surface area contributed by atoms with Crippen molar-refractivity contribution in [1.82, 2.24) is 0 Å². The molecule has 1 saturated carbocycles. The first-order chi connectivity index (χ1) is 6.92. The molecule has 1 aliphatic rings. The summed E-state index contributed by atoms with van der Waals surface area (Å²) in [5.74, 6) is 1.08. The van der Waals surface area contributed by atoms with Crippen molar-refractivity contribution in [1.29, 1.82) is 0 Å². The average Bonchev–Trinajstić information content (AvgIpc) is 2.30. The topological polar surface area (TPSA) is 20.2 Å². The molecule has 1 aromatic carbocycles. The molecule has 14 heavy (non-hydrogen) atoms. The van der Waals surface area contributed by atoms with Crippen LogP contribution in [0, 0.1) is 5.92 Å². The third-order valence-electron chi connectivity index (χ3n) is 3.37. The molecule has 1 N–H and O–H groups in total. The number of benzene rings is 1. The van der Waals surface area contributed by atoms with Crippen LogP contribution in [0.2, 0.25) is 0 Å². The number of aliphatic hydroxyl groups is 1. The van der Waals surface area contributed by atoms with E-state index in [1.54, 1.807) is 0 Å². The lowest BCUT2D eigenvalue weighted by molar-refractivity contribution is 0.169. The van der Waals surface area contributed by atoms with Crippen LogP contribution in [0.3, 0.4) is 0 Å². The van der Waals surface area contributed by atoms with Crippen molar-refractivity contribution in [3.8, 4) is 0 Å². The first-order valence-corrected chi connectivity index (χ1v) is 5.57. The molecule has 1 aromatic rings. The highest BCUT2D eigenvalue weighted by Crippen LogP contribution is 2.37. The van der Waals surface area contributed by atoms with Crippen molar-refractivity contribution in [2.75, 3.05) is 6.61 Å². The second-order valence-corrected chi connectivity index (χ2v) is 4.24. The normalized spacial score (nSPS) is 27.5. The van der Waals surface area contributed by atoms with Gasteiger partial charge in [-0.05, 0) is 30.2 Å². The minimum Gasteiger partial charge on any atom is -0.396 e. The molecule has 0 spiro atoms. The van der Waals surface area contributed by atoms with E-state index in [1.165, 1.54) is 31.2 Å². The highest BCUT2D eigenvalue weighted by molar-refractivity contribution is 5.20. The first kappa shape index (κ1) is 9.72.